The molecule has 0 radical (unpaired) electrons. The third-order valence-corrected chi connectivity index (χ3v) is 3.16. The van der Waals surface area contributed by atoms with E-state index in [0.717, 1.165) is 24.5 Å². The maximum absolute atomic E-state index is 5.88. The SMILES string of the molecule is CC1CN(c2cc(C(N)=S)ccn2)CC(C)(C)O1. The van der Waals surface area contributed by atoms with Gasteiger partial charge < -0.3 is 15.4 Å². The van der Waals surface area contributed by atoms with Gasteiger partial charge in [-0.25, -0.2) is 4.98 Å². The first-order valence-electron chi connectivity index (χ1n) is 6.06. The van der Waals surface area contributed by atoms with E-state index in [1.807, 2.05) is 12.1 Å². The van der Waals surface area contributed by atoms with Crippen molar-refractivity contribution in [3.05, 3.63) is 23.9 Å². The van der Waals surface area contributed by atoms with Crippen molar-refractivity contribution >= 4 is 23.0 Å². The average Bonchev–Trinajstić information content (AvgIpc) is 2.26. The van der Waals surface area contributed by atoms with Crippen LogP contribution in [0.2, 0.25) is 0 Å². The molecule has 2 N–H and O–H groups in total. The Bertz CT molecular complexity index is 461. The highest BCUT2D eigenvalue weighted by Gasteiger charge is 2.31. The lowest BCUT2D eigenvalue weighted by atomic mass is 10.1. The van der Waals surface area contributed by atoms with E-state index in [-0.39, 0.29) is 11.7 Å². The fraction of sp³-hybridized carbons (Fsp3) is 0.538. The first-order chi connectivity index (χ1) is 8.37. The number of nitrogens with two attached hydrogens (primary N) is 1. The summed E-state index contributed by atoms with van der Waals surface area (Å²) in [7, 11) is 0. The Morgan fingerprint density at radius 2 is 2.33 bits per heavy atom. The van der Waals surface area contributed by atoms with E-state index in [1.165, 1.54) is 0 Å². The second-order valence-electron chi connectivity index (χ2n) is 5.34. The normalized spacial score (nSPS) is 22.8. The van der Waals surface area contributed by atoms with Crippen molar-refractivity contribution in [2.24, 2.45) is 5.73 Å². The van der Waals surface area contributed by atoms with Gasteiger partial charge in [0.1, 0.15) is 10.8 Å². The minimum Gasteiger partial charge on any atom is -0.389 e. The number of thiocarbonyl (C=S) groups is 1. The molecule has 2 heterocycles. The van der Waals surface area contributed by atoms with Crippen molar-refractivity contribution in [2.45, 2.75) is 32.5 Å². The predicted octanol–water partition coefficient (Wildman–Crippen LogP) is 1.72. The molecule has 4 nitrogen and oxygen atoms in total. The van der Waals surface area contributed by atoms with Crippen LogP contribution in [-0.2, 0) is 4.74 Å². The fourth-order valence-electron chi connectivity index (χ4n) is 2.37. The van der Waals surface area contributed by atoms with Gasteiger partial charge in [-0.2, -0.15) is 0 Å². The van der Waals surface area contributed by atoms with Crippen LogP contribution in [0.25, 0.3) is 0 Å². The number of rotatable bonds is 2. The Morgan fingerprint density at radius 3 is 2.94 bits per heavy atom. The van der Waals surface area contributed by atoms with Gasteiger partial charge in [0.2, 0.25) is 0 Å². The third kappa shape index (κ3) is 2.97. The summed E-state index contributed by atoms with van der Waals surface area (Å²) in [6.45, 7) is 7.90. The van der Waals surface area contributed by atoms with Crippen LogP contribution in [0.4, 0.5) is 5.82 Å². The molecule has 1 fully saturated rings. The number of hydrogen-bond acceptors (Lipinski definition) is 4. The smallest absolute Gasteiger partial charge is 0.129 e. The number of nitrogens with zero attached hydrogens (tertiary/aromatic N) is 2. The quantitative estimate of drug-likeness (QED) is 0.825. The molecule has 1 aromatic rings. The van der Waals surface area contributed by atoms with Gasteiger partial charge in [0.05, 0.1) is 11.7 Å². The number of ether oxygens (including phenoxy) is 1. The molecule has 0 saturated carbocycles. The zero-order valence-electron chi connectivity index (χ0n) is 11.0. The van der Waals surface area contributed by atoms with E-state index < -0.39 is 0 Å². The monoisotopic (exact) mass is 265 g/mol. The minimum atomic E-state index is -0.168. The first-order valence-corrected chi connectivity index (χ1v) is 6.47. The number of morpholine rings is 1. The second kappa shape index (κ2) is 4.82. The summed E-state index contributed by atoms with van der Waals surface area (Å²) in [5.74, 6) is 0.906. The molecule has 2 rings (SSSR count). The molecule has 0 spiro atoms. The van der Waals surface area contributed by atoms with Crippen LogP contribution in [0.3, 0.4) is 0 Å². The lowest BCUT2D eigenvalue weighted by molar-refractivity contribution is -0.0751. The van der Waals surface area contributed by atoms with E-state index >= 15 is 0 Å². The van der Waals surface area contributed by atoms with E-state index in [1.54, 1.807) is 6.20 Å². The summed E-state index contributed by atoms with van der Waals surface area (Å²) >= 11 is 5.00. The second-order valence-corrected chi connectivity index (χ2v) is 5.78. The molecule has 1 aliphatic heterocycles. The Labute approximate surface area is 113 Å². The Balaban J connectivity index is 2.25. The van der Waals surface area contributed by atoms with Gasteiger partial charge >= 0.3 is 0 Å². The van der Waals surface area contributed by atoms with Gasteiger partial charge in [-0.05, 0) is 32.9 Å². The molecule has 0 bridgehead atoms. The van der Waals surface area contributed by atoms with Crippen molar-refractivity contribution in [3.63, 3.8) is 0 Å². The lowest BCUT2D eigenvalue weighted by Gasteiger charge is -2.42. The van der Waals surface area contributed by atoms with Crippen LogP contribution >= 0.6 is 12.2 Å². The van der Waals surface area contributed by atoms with Crippen LogP contribution in [0, 0.1) is 0 Å². The van der Waals surface area contributed by atoms with Gasteiger partial charge in [-0.15, -0.1) is 0 Å². The molecule has 18 heavy (non-hydrogen) atoms. The summed E-state index contributed by atoms with van der Waals surface area (Å²) in [4.78, 5) is 7.02. The molecule has 1 aliphatic rings. The summed E-state index contributed by atoms with van der Waals surface area (Å²) in [6, 6.07) is 3.78. The number of aromatic nitrogens is 1. The number of pyridine rings is 1. The molecular weight excluding hydrogens is 246 g/mol. The lowest BCUT2D eigenvalue weighted by Crippen LogP contribution is -2.52. The van der Waals surface area contributed by atoms with Crippen LogP contribution in [0.15, 0.2) is 18.3 Å². The molecular formula is C13H19N3OS. The average molecular weight is 265 g/mol. The Kier molecular flexibility index (Phi) is 3.54. The van der Waals surface area contributed by atoms with Gasteiger partial charge in [-0.3, -0.25) is 0 Å². The maximum Gasteiger partial charge on any atom is 0.129 e. The highest BCUT2D eigenvalue weighted by molar-refractivity contribution is 7.80. The summed E-state index contributed by atoms with van der Waals surface area (Å²) in [6.07, 6.45) is 1.93. The highest BCUT2D eigenvalue weighted by atomic mass is 32.1. The van der Waals surface area contributed by atoms with Crippen LogP contribution in [0.1, 0.15) is 26.3 Å². The number of anilines is 1. The van der Waals surface area contributed by atoms with Crippen molar-refractivity contribution in [3.8, 4) is 0 Å². The maximum atomic E-state index is 5.88. The Hall–Kier alpha value is -1.20. The molecule has 1 atom stereocenters. The van der Waals surface area contributed by atoms with Crippen LogP contribution < -0.4 is 10.6 Å². The molecule has 0 aromatic carbocycles. The third-order valence-electron chi connectivity index (χ3n) is 2.92. The summed E-state index contributed by atoms with van der Waals surface area (Å²) < 4.78 is 5.88. The van der Waals surface area contributed by atoms with E-state index in [9.17, 15) is 0 Å². The summed E-state index contributed by atoms with van der Waals surface area (Å²) in [5.41, 5.74) is 6.34. The zero-order valence-corrected chi connectivity index (χ0v) is 11.8. The molecule has 1 unspecified atom stereocenters. The van der Waals surface area contributed by atoms with Gasteiger partial charge in [-0.1, -0.05) is 12.2 Å². The molecule has 0 amide bonds. The van der Waals surface area contributed by atoms with Crippen molar-refractivity contribution in [1.82, 2.24) is 4.98 Å². The van der Waals surface area contributed by atoms with E-state index in [2.05, 4.69) is 30.7 Å². The van der Waals surface area contributed by atoms with Gasteiger partial charge in [0.25, 0.3) is 0 Å². The topological polar surface area (TPSA) is 51.4 Å². The standard InChI is InChI=1S/C13H19N3OS/c1-9-7-16(8-13(2,3)17-9)11-6-10(12(14)18)4-5-15-11/h4-6,9H,7-8H2,1-3H3,(H2,14,18). The predicted molar refractivity (Wildman–Crippen MR) is 77.0 cm³/mol. The van der Waals surface area contributed by atoms with E-state index in [0.29, 0.717) is 4.99 Å². The van der Waals surface area contributed by atoms with Gasteiger partial charge in [0.15, 0.2) is 0 Å². The van der Waals surface area contributed by atoms with Crippen LogP contribution in [0.5, 0.6) is 0 Å². The van der Waals surface area contributed by atoms with Crippen molar-refractivity contribution < 1.29 is 4.74 Å². The molecule has 5 heteroatoms. The first kappa shape index (κ1) is 13.2. The van der Waals surface area contributed by atoms with Crippen molar-refractivity contribution in [1.29, 1.82) is 0 Å². The molecule has 1 aromatic heterocycles. The zero-order chi connectivity index (χ0) is 13.3. The van der Waals surface area contributed by atoms with Crippen molar-refractivity contribution in [2.75, 3.05) is 18.0 Å². The largest absolute Gasteiger partial charge is 0.389 e. The number of hydrogen-bond donors (Lipinski definition) is 1. The van der Waals surface area contributed by atoms with Gasteiger partial charge in [0, 0.05) is 24.8 Å². The summed E-state index contributed by atoms with van der Waals surface area (Å²) in [5, 5.41) is 0. The Morgan fingerprint density at radius 1 is 1.61 bits per heavy atom. The molecule has 1 saturated heterocycles. The van der Waals surface area contributed by atoms with E-state index in [4.69, 9.17) is 22.7 Å². The highest BCUT2D eigenvalue weighted by Crippen LogP contribution is 2.25. The molecule has 0 aliphatic carbocycles. The molecule has 98 valence electrons. The van der Waals surface area contributed by atoms with Crippen LogP contribution in [-0.4, -0.2) is 34.8 Å². The minimum absolute atomic E-state index is 0.168. The fourth-order valence-corrected chi connectivity index (χ4v) is 2.50.